The van der Waals surface area contributed by atoms with E-state index in [0.717, 1.165) is 0 Å². The average Bonchev–Trinajstić information content (AvgIpc) is 2.78. The van der Waals surface area contributed by atoms with Crippen LogP contribution in [0.3, 0.4) is 0 Å². The fraction of sp³-hybridized carbons (Fsp3) is 0.462. The van der Waals surface area contributed by atoms with Gasteiger partial charge in [0, 0.05) is 25.6 Å². The molecule has 0 amide bonds. The van der Waals surface area contributed by atoms with Crippen molar-refractivity contribution in [2.75, 3.05) is 6.61 Å². The van der Waals surface area contributed by atoms with E-state index >= 15 is 0 Å². The lowest BCUT2D eigenvalue weighted by molar-refractivity contribution is -0.161. The number of aromatic nitrogens is 1. The third-order valence-corrected chi connectivity index (χ3v) is 5.01. The zero-order chi connectivity index (χ0) is 25.3. The number of Topliss-reactive ketones (excluding diaryl/α,β-unsaturated/α-hetero) is 1. The largest absolute Gasteiger partial charge is 0.490 e. The lowest BCUT2D eigenvalue weighted by Gasteiger charge is -2.29. The van der Waals surface area contributed by atoms with Crippen molar-refractivity contribution in [3.63, 3.8) is 0 Å². The van der Waals surface area contributed by atoms with Gasteiger partial charge in [0.2, 0.25) is 5.75 Å². The highest BCUT2D eigenvalue weighted by molar-refractivity contribution is 5.99. The molecule has 2 aromatic rings. The Morgan fingerprint density at radius 2 is 1.68 bits per heavy atom. The number of hydrogen-bond acceptors (Lipinski definition) is 8. The number of benzene rings is 1. The SMILES string of the molecule is CCOc1ccnc(C(=O)C[C@@H](C)C(=O)O[C@H](C(C)C)[C@H](C)Oc2ccccc2)c1OC(C)=O. The molecule has 184 valence electrons. The van der Waals surface area contributed by atoms with Crippen LogP contribution in [0.15, 0.2) is 42.6 Å². The molecular formula is C26H33NO7. The van der Waals surface area contributed by atoms with Crippen LogP contribution in [0.2, 0.25) is 0 Å². The van der Waals surface area contributed by atoms with E-state index in [1.807, 2.05) is 51.1 Å². The molecule has 3 atom stereocenters. The van der Waals surface area contributed by atoms with Gasteiger partial charge in [0.15, 0.2) is 17.2 Å². The number of carbonyl (C=O) groups is 3. The number of rotatable bonds is 12. The lowest BCUT2D eigenvalue weighted by Crippen LogP contribution is -2.39. The standard InChI is InChI=1S/C26H33NO7/c1-7-31-22-13-14-27-23(25(22)33-19(6)28)21(29)15-17(4)26(30)34-24(16(2)3)18(5)32-20-11-9-8-10-12-20/h8-14,16-18,24H,7,15H2,1-6H3/t17-,18+,24-/m1/s1. The summed E-state index contributed by atoms with van der Waals surface area (Å²) in [5.41, 5.74) is -0.0676. The Morgan fingerprint density at radius 3 is 2.26 bits per heavy atom. The van der Waals surface area contributed by atoms with E-state index in [9.17, 15) is 14.4 Å². The molecule has 0 radical (unpaired) electrons. The number of nitrogens with zero attached hydrogens (tertiary/aromatic N) is 1. The topological polar surface area (TPSA) is 101 Å². The number of ether oxygens (including phenoxy) is 4. The zero-order valence-corrected chi connectivity index (χ0v) is 20.6. The van der Waals surface area contributed by atoms with Crippen LogP contribution in [0, 0.1) is 11.8 Å². The van der Waals surface area contributed by atoms with Crippen molar-refractivity contribution in [2.45, 2.75) is 60.2 Å². The van der Waals surface area contributed by atoms with Crippen LogP contribution < -0.4 is 14.2 Å². The first kappa shape index (κ1) is 26.8. The maximum atomic E-state index is 13.0. The second kappa shape index (κ2) is 12.7. The lowest BCUT2D eigenvalue weighted by atomic mass is 10.00. The molecule has 8 nitrogen and oxygen atoms in total. The van der Waals surface area contributed by atoms with Gasteiger partial charge < -0.3 is 18.9 Å². The zero-order valence-electron chi connectivity index (χ0n) is 20.6. The van der Waals surface area contributed by atoms with Crippen LogP contribution in [0.4, 0.5) is 0 Å². The van der Waals surface area contributed by atoms with Crippen LogP contribution in [0.1, 0.15) is 58.5 Å². The Balaban J connectivity index is 2.11. The van der Waals surface area contributed by atoms with E-state index < -0.39 is 35.8 Å². The van der Waals surface area contributed by atoms with Gasteiger partial charge in [-0.25, -0.2) is 4.98 Å². The molecule has 1 aromatic heterocycles. The maximum Gasteiger partial charge on any atom is 0.309 e. The predicted octanol–water partition coefficient (Wildman–Crippen LogP) is 4.65. The minimum Gasteiger partial charge on any atom is -0.490 e. The Bertz CT molecular complexity index is 974. The molecule has 0 bridgehead atoms. The van der Waals surface area contributed by atoms with E-state index in [1.54, 1.807) is 13.8 Å². The fourth-order valence-corrected chi connectivity index (χ4v) is 3.40. The number of carbonyl (C=O) groups excluding carboxylic acids is 3. The highest BCUT2D eigenvalue weighted by Gasteiger charge is 2.31. The van der Waals surface area contributed by atoms with E-state index in [-0.39, 0.29) is 29.5 Å². The summed E-state index contributed by atoms with van der Waals surface area (Å²) in [6.45, 7) is 10.6. The van der Waals surface area contributed by atoms with Gasteiger partial charge in [0.1, 0.15) is 18.0 Å². The normalized spacial score (nSPS) is 13.5. The molecule has 1 aromatic carbocycles. The molecule has 0 aliphatic rings. The van der Waals surface area contributed by atoms with Crippen LogP contribution in [-0.4, -0.2) is 41.5 Å². The van der Waals surface area contributed by atoms with E-state index in [4.69, 9.17) is 18.9 Å². The summed E-state index contributed by atoms with van der Waals surface area (Å²) in [4.78, 5) is 41.4. The van der Waals surface area contributed by atoms with E-state index in [1.165, 1.54) is 19.2 Å². The molecule has 0 saturated carbocycles. The van der Waals surface area contributed by atoms with Crippen molar-refractivity contribution in [2.24, 2.45) is 11.8 Å². The van der Waals surface area contributed by atoms with Gasteiger partial charge in [-0.1, -0.05) is 39.0 Å². The van der Waals surface area contributed by atoms with Crippen LogP contribution in [0.25, 0.3) is 0 Å². The third-order valence-electron chi connectivity index (χ3n) is 5.01. The van der Waals surface area contributed by atoms with Crippen LogP contribution in [-0.2, 0) is 14.3 Å². The number of pyridine rings is 1. The number of ketones is 1. The maximum absolute atomic E-state index is 13.0. The third kappa shape index (κ3) is 7.57. The quantitative estimate of drug-likeness (QED) is 0.326. The Kier molecular flexibility index (Phi) is 10.0. The molecule has 0 aliphatic heterocycles. The molecule has 0 saturated heterocycles. The van der Waals surface area contributed by atoms with Crippen molar-refractivity contribution >= 4 is 17.7 Å². The Hall–Kier alpha value is -3.42. The summed E-state index contributed by atoms with van der Waals surface area (Å²) in [6, 6.07) is 10.8. The molecule has 0 aliphatic carbocycles. The van der Waals surface area contributed by atoms with Crippen LogP contribution in [0.5, 0.6) is 17.2 Å². The summed E-state index contributed by atoms with van der Waals surface area (Å²) in [5.74, 6) is -1.49. The van der Waals surface area contributed by atoms with Gasteiger partial charge in [-0.3, -0.25) is 14.4 Å². The molecule has 0 unspecified atom stereocenters. The van der Waals surface area contributed by atoms with Crippen molar-refractivity contribution in [3.05, 3.63) is 48.3 Å². The smallest absolute Gasteiger partial charge is 0.309 e. The Labute approximate surface area is 200 Å². The Morgan fingerprint density at radius 1 is 1.00 bits per heavy atom. The van der Waals surface area contributed by atoms with Gasteiger partial charge >= 0.3 is 11.9 Å². The molecule has 0 fully saturated rings. The summed E-state index contributed by atoms with van der Waals surface area (Å²) in [5, 5.41) is 0. The molecule has 2 rings (SSSR count). The second-order valence-electron chi connectivity index (χ2n) is 8.32. The highest BCUT2D eigenvalue weighted by Crippen LogP contribution is 2.31. The van der Waals surface area contributed by atoms with Gasteiger partial charge in [-0.15, -0.1) is 0 Å². The summed E-state index contributed by atoms with van der Waals surface area (Å²) >= 11 is 0. The average molecular weight is 472 g/mol. The predicted molar refractivity (Wildman–Crippen MR) is 126 cm³/mol. The monoisotopic (exact) mass is 471 g/mol. The van der Waals surface area contributed by atoms with Gasteiger partial charge in [0.05, 0.1) is 12.5 Å². The van der Waals surface area contributed by atoms with Gasteiger partial charge in [0.25, 0.3) is 0 Å². The molecule has 34 heavy (non-hydrogen) atoms. The van der Waals surface area contributed by atoms with Crippen molar-refractivity contribution in [1.29, 1.82) is 0 Å². The number of para-hydroxylation sites is 1. The fourth-order valence-electron chi connectivity index (χ4n) is 3.40. The minimum absolute atomic E-state index is 0.00864. The van der Waals surface area contributed by atoms with Crippen LogP contribution >= 0.6 is 0 Å². The highest BCUT2D eigenvalue weighted by atomic mass is 16.6. The minimum atomic E-state index is -0.750. The number of hydrogen-bond donors (Lipinski definition) is 0. The van der Waals surface area contributed by atoms with Crippen molar-refractivity contribution in [1.82, 2.24) is 4.98 Å². The molecule has 0 spiro atoms. The van der Waals surface area contributed by atoms with Crippen molar-refractivity contribution in [3.8, 4) is 17.2 Å². The van der Waals surface area contributed by atoms with Gasteiger partial charge in [-0.05, 0) is 31.9 Å². The number of esters is 2. The van der Waals surface area contributed by atoms with Crippen molar-refractivity contribution < 1.29 is 33.3 Å². The van der Waals surface area contributed by atoms with Gasteiger partial charge in [-0.2, -0.15) is 0 Å². The summed E-state index contributed by atoms with van der Waals surface area (Å²) < 4.78 is 22.4. The second-order valence-corrected chi connectivity index (χ2v) is 8.32. The van der Waals surface area contributed by atoms with E-state index in [0.29, 0.717) is 12.4 Å². The molecular weight excluding hydrogens is 438 g/mol. The first-order valence-electron chi connectivity index (χ1n) is 11.4. The molecule has 0 N–H and O–H groups in total. The molecule has 1 heterocycles. The summed E-state index contributed by atoms with van der Waals surface area (Å²) in [6.07, 6.45) is 0.315. The first-order chi connectivity index (χ1) is 16.1. The van der Waals surface area contributed by atoms with E-state index in [2.05, 4.69) is 4.98 Å². The molecule has 8 heteroatoms. The first-order valence-corrected chi connectivity index (χ1v) is 11.4. The summed E-state index contributed by atoms with van der Waals surface area (Å²) in [7, 11) is 0.